The number of esters is 2. The van der Waals surface area contributed by atoms with Crippen molar-refractivity contribution in [2.24, 2.45) is 0 Å². The predicted molar refractivity (Wildman–Crippen MR) is 102 cm³/mol. The molecule has 0 aliphatic rings. The molecule has 0 aliphatic carbocycles. The first-order chi connectivity index (χ1) is 12.4. The molecule has 0 atom stereocenters. The maximum Gasteiger partial charge on any atom is 0.341 e. The van der Waals surface area contributed by atoms with Gasteiger partial charge in [0.15, 0.2) is 6.61 Å². The first kappa shape index (κ1) is 20.1. The second-order valence-electron chi connectivity index (χ2n) is 5.73. The van der Waals surface area contributed by atoms with Crippen LogP contribution in [0.15, 0.2) is 23.6 Å². The highest BCUT2D eigenvalue weighted by atomic mass is 32.1. The summed E-state index contributed by atoms with van der Waals surface area (Å²) in [6, 6.07) is 5.41. The Morgan fingerprint density at radius 3 is 2.62 bits per heavy atom. The number of nitrogens with one attached hydrogen (secondary N) is 1. The lowest BCUT2D eigenvalue weighted by Crippen LogP contribution is -2.22. The molecule has 0 bridgehead atoms. The molecule has 2 aromatic heterocycles. The van der Waals surface area contributed by atoms with Crippen molar-refractivity contribution < 1.29 is 23.9 Å². The van der Waals surface area contributed by atoms with Gasteiger partial charge in [-0.3, -0.25) is 9.59 Å². The fourth-order valence-electron chi connectivity index (χ4n) is 2.06. The van der Waals surface area contributed by atoms with Crippen LogP contribution >= 0.6 is 22.7 Å². The van der Waals surface area contributed by atoms with Crippen molar-refractivity contribution in [3.05, 3.63) is 38.9 Å². The molecule has 26 heavy (non-hydrogen) atoms. The van der Waals surface area contributed by atoms with Crippen molar-refractivity contribution >= 4 is 45.5 Å². The minimum atomic E-state index is -0.493. The third-order valence-corrected chi connectivity index (χ3v) is 5.56. The van der Waals surface area contributed by atoms with Gasteiger partial charge in [0.25, 0.3) is 5.91 Å². The number of anilines is 1. The minimum Gasteiger partial charge on any atom is -0.462 e. The number of amides is 1. The minimum absolute atomic E-state index is 0.134. The summed E-state index contributed by atoms with van der Waals surface area (Å²) in [5.41, 5.74) is 0.318. The molecule has 0 saturated carbocycles. The lowest BCUT2D eigenvalue weighted by Gasteiger charge is -2.07. The monoisotopic (exact) mass is 395 g/mol. The van der Waals surface area contributed by atoms with E-state index in [9.17, 15) is 14.4 Å². The maximum atomic E-state index is 12.1. The molecule has 6 nitrogen and oxygen atoms in total. The quantitative estimate of drug-likeness (QED) is 0.687. The normalized spacial score (nSPS) is 10.6. The van der Waals surface area contributed by atoms with E-state index in [1.165, 1.54) is 22.7 Å². The van der Waals surface area contributed by atoms with Crippen molar-refractivity contribution in [3.8, 4) is 0 Å². The summed E-state index contributed by atoms with van der Waals surface area (Å²) >= 11 is 2.77. The lowest BCUT2D eigenvalue weighted by molar-refractivity contribution is -0.146. The zero-order valence-corrected chi connectivity index (χ0v) is 16.5. The van der Waals surface area contributed by atoms with E-state index in [2.05, 4.69) is 5.32 Å². The van der Waals surface area contributed by atoms with Gasteiger partial charge in [-0.05, 0) is 30.4 Å². The van der Waals surface area contributed by atoms with Gasteiger partial charge < -0.3 is 14.8 Å². The molecule has 1 N–H and O–H groups in total. The zero-order chi connectivity index (χ0) is 19.1. The van der Waals surface area contributed by atoms with Crippen LogP contribution in [0.4, 0.5) is 5.00 Å². The van der Waals surface area contributed by atoms with Crippen molar-refractivity contribution in [2.75, 3.05) is 18.5 Å². The van der Waals surface area contributed by atoms with Gasteiger partial charge in [-0.1, -0.05) is 19.9 Å². The third kappa shape index (κ3) is 5.67. The van der Waals surface area contributed by atoms with Crippen LogP contribution in [0.25, 0.3) is 0 Å². The summed E-state index contributed by atoms with van der Waals surface area (Å²) in [6.45, 7) is 5.57. The molecule has 1 amide bonds. The average molecular weight is 396 g/mol. The Kier molecular flexibility index (Phi) is 7.35. The first-order valence-corrected chi connectivity index (χ1v) is 9.89. The Bertz CT molecular complexity index is 765. The summed E-state index contributed by atoms with van der Waals surface area (Å²) in [4.78, 5) is 37.8. The van der Waals surface area contributed by atoms with Gasteiger partial charge in [-0.25, -0.2) is 4.79 Å². The van der Waals surface area contributed by atoms with Gasteiger partial charge in [0.2, 0.25) is 0 Å². The van der Waals surface area contributed by atoms with Crippen LogP contribution in [0, 0.1) is 0 Å². The molecule has 2 rings (SSSR count). The molecule has 0 saturated heterocycles. The van der Waals surface area contributed by atoms with E-state index in [0.29, 0.717) is 10.6 Å². The number of thiophene rings is 2. The molecule has 2 heterocycles. The highest BCUT2D eigenvalue weighted by Gasteiger charge is 2.20. The van der Waals surface area contributed by atoms with Gasteiger partial charge in [0, 0.05) is 9.75 Å². The fourth-order valence-corrected chi connectivity index (χ4v) is 3.82. The molecule has 0 unspecified atom stereocenters. The van der Waals surface area contributed by atoms with E-state index in [0.717, 1.165) is 9.75 Å². The van der Waals surface area contributed by atoms with Crippen molar-refractivity contribution in [1.82, 2.24) is 0 Å². The van der Waals surface area contributed by atoms with Crippen LogP contribution in [-0.4, -0.2) is 31.1 Å². The SMILES string of the molecule is CCOC(=O)c1cc(C(C)C)sc1NC(=O)COC(=O)Cc1cccs1. The third-order valence-electron chi connectivity index (χ3n) is 3.33. The molecular weight excluding hydrogens is 374 g/mol. The fraction of sp³-hybridized carbons (Fsp3) is 0.389. The molecule has 8 heteroatoms. The zero-order valence-electron chi connectivity index (χ0n) is 14.9. The summed E-state index contributed by atoms with van der Waals surface area (Å²) in [7, 11) is 0. The maximum absolute atomic E-state index is 12.1. The van der Waals surface area contributed by atoms with E-state index in [1.54, 1.807) is 13.0 Å². The molecule has 0 fully saturated rings. The predicted octanol–water partition coefficient (Wildman–Crippen LogP) is 3.83. The summed E-state index contributed by atoms with van der Waals surface area (Å²) < 4.78 is 10.0. The number of carbonyl (C=O) groups is 3. The largest absolute Gasteiger partial charge is 0.462 e. The Balaban J connectivity index is 1.96. The van der Waals surface area contributed by atoms with Crippen LogP contribution in [0.3, 0.4) is 0 Å². The Hall–Kier alpha value is -2.19. The highest BCUT2D eigenvalue weighted by Crippen LogP contribution is 2.33. The van der Waals surface area contributed by atoms with E-state index < -0.39 is 24.5 Å². The van der Waals surface area contributed by atoms with E-state index >= 15 is 0 Å². The molecule has 0 radical (unpaired) electrons. The smallest absolute Gasteiger partial charge is 0.341 e. The van der Waals surface area contributed by atoms with Crippen LogP contribution in [-0.2, 0) is 25.5 Å². The van der Waals surface area contributed by atoms with Crippen molar-refractivity contribution in [1.29, 1.82) is 0 Å². The van der Waals surface area contributed by atoms with E-state index in [4.69, 9.17) is 9.47 Å². The van der Waals surface area contributed by atoms with Gasteiger partial charge in [0.05, 0.1) is 18.6 Å². The van der Waals surface area contributed by atoms with Gasteiger partial charge in [-0.2, -0.15) is 0 Å². The summed E-state index contributed by atoms with van der Waals surface area (Å²) in [6.07, 6.45) is 0.134. The second kappa shape index (κ2) is 9.49. The molecule has 2 aromatic rings. The van der Waals surface area contributed by atoms with Crippen LogP contribution in [0.2, 0.25) is 0 Å². The Morgan fingerprint density at radius 2 is 2.00 bits per heavy atom. The van der Waals surface area contributed by atoms with E-state index in [-0.39, 0.29) is 18.9 Å². The van der Waals surface area contributed by atoms with Gasteiger partial charge in [-0.15, -0.1) is 22.7 Å². The lowest BCUT2D eigenvalue weighted by atomic mass is 10.1. The highest BCUT2D eigenvalue weighted by molar-refractivity contribution is 7.16. The topological polar surface area (TPSA) is 81.7 Å². The first-order valence-electron chi connectivity index (χ1n) is 8.19. The van der Waals surface area contributed by atoms with E-state index in [1.807, 2.05) is 31.4 Å². The summed E-state index contributed by atoms with van der Waals surface area (Å²) in [5, 5.41) is 4.92. The van der Waals surface area contributed by atoms with Crippen molar-refractivity contribution in [2.45, 2.75) is 33.1 Å². The number of rotatable bonds is 8. The van der Waals surface area contributed by atoms with Crippen LogP contribution in [0.1, 0.15) is 46.8 Å². The molecule has 140 valence electrons. The summed E-state index contributed by atoms with van der Waals surface area (Å²) in [5.74, 6) is -1.24. The number of carbonyl (C=O) groups excluding carboxylic acids is 3. The number of ether oxygens (including phenoxy) is 2. The molecular formula is C18H21NO5S2. The van der Waals surface area contributed by atoms with Crippen molar-refractivity contribution in [3.63, 3.8) is 0 Å². The van der Waals surface area contributed by atoms with Crippen LogP contribution < -0.4 is 5.32 Å². The molecule has 0 aliphatic heterocycles. The number of hydrogen-bond acceptors (Lipinski definition) is 7. The van der Waals surface area contributed by atoms with Gasteiger partial charge >= 0.3 is 11.9 Å². The average Bonchev–Trinajstić information content (AvgIpc) is 3.23. The molecule has 0 aromatic carbocycles. The molecule has 0 spiro atoms. The van der Waals surface area contributed by atoms with Crippen LogP contribution in [0.5, 0.6) is 0 Å². The Labute approximate surface area is 160 Å². The Morgan fingerprint density at radius 1 is 1.23 bits per heavy atom. The number of hydrogen-bond donors (Lipinski definition) is 1. The standard InChI is InChI=1S/C18H21NO5S2/c1-4-23-18(22)13-9-14(11(2)3)26-17(13)19-15(20)10-24-16(21)8-12-6-5-7-25-12/h5-7,9,11H,4,8,10H2,1-3H3,(H,19,20). The van der Waals surface area contributed by atoms with Gasteiger partial charge in [0.1, 0.15) is 5.00 Å². The second-order valence-corrected chi connectivity index (χ2v) is 7.85.